The molecule has 2 aromatic carbocycles. The molecule has 2 aromatic rings. The van der Waals surface area contributed by atoms with Crippen LogP contribution in [0.4, 0.5) is 28.0 Å². The molecule has 0 aliphatic heterocycles. The van der Waals surface area contributed by atoms with Gasteiger partial charge in [0, 0.05) is 22.8 Å². The molecule has 0 aliphatic rings. The minimum atomic E-state index is -4.58. The summed E-state index contributed by atoms with van der Waals surface area (Å²) in [5.74, 6) is -0.829. The van der Waals surface area contributed by atoms with Crippen LogP contribution in [-0.2, 0) is 12.7 Å². The standard InChI is InChI=1S/C15H11ClF4N2O/c16-11-2-4-12(5-3-11)22-14(23)21-8-9-7-10(15(18,19)20)1-6-13(9)17/h1-7H,8H2,(H2,21,22,23). The van der Waals surface area contributed by atoms with Gasteiger partial charge >= 0.3 is 12.2 Å². The molecule has 2 N–H and O–H groups in total. The highest BCUT2D eigenvalue weighted by Gasteiger charge is 2.31. The van der Waals surface area contributed by atoms with E-state index in [0.717, 1.165) is 6.07 Å². The van der Waals surface area contributed by atoms with Gasteiger partial charge in [0.05, 0.1) is 5.56 Å². The molecule has 122 valence electrons. The average Bonchev–Trinajstić information content (AvgIpc) is 2.47. The topological polar surface area (TPSA) is 41.1 Å². The molecule has 2 rings (SSSR count). The van der Waals surface area contributed by atoms with Crippen LogP contribution in [0.15, 0.2) is 42.5 Å². The number of amides is 2. The van der Waals surface area contributed by atoms with Crippen molar-refractivity contribution in [3.63, 3.8) is 0 Å². The molecule has 0 fully saturated rings. The first-order valence-corrected chi connectivity index (χ1v) is 6.79. The van der Waals surface area contributed by atoms with Crippen molar-refractivity contribution >= 4 is 23.3 Å². The molecule has 0 saturated heterocycles. The fraction of sp³-hybridized carbons (Fsp3) is 0.133. The highest BCUT2D eigenvalue weighted by molar-refractivity contribution is 6.30. The van der Waals surface area contributed by atoms with E-state index in [-0.39, 0.29) is 12.1 Å². The van der Waals surface area contributed by atoms with Crippen LogP contribution in [0.5, 0.6) is 0 Å². The Morgan fingerprint density at radius 2 is 1.74 bits per heavy atom. The minimum Gasteiger partial charge on any atom is -0.334 e. The molecule has 23 heavy (non-hydrogen) atoms. The number of anilines is 1. The summed E-state index contributed by atoms with van der Waals surface area (Å²) < 4.78 is 51.3. The molecule has 0 spiro atoms. The molecule has 0 unspecified atom stereocenters. The number of hydrogen-bond acceptors (Lipinski definition) is 1. The summed E-state index contributed by atoms with van der Waals surface area (Å²) in [6.45, 7) is -0.380. The predicted octanol–water partition coefficient (Wildman–Crippen LogP) is 4.82. The summed E-state index contributed by atoms with van der Waals surface area (Å²) in [5.41, 5.74) is -0.795. The van der Waals surface area contributed by atoms with Gasteiger partial charge in [-0.15, -0.1) is 0 Å². The number of urea groups is 1. The molecule has 0 radical (unpaired) electrons. The lowest BCUT2D eigenvalue weighted by Gasteiger charge is -2.11. The molecule has 0 bridgehead atoms. The number of carbonyl (C=O) groups is 1. The second-order valence-electron chi connectivity index (χ2n) is 4.62. The lowest BCUT2D eigenvalue weighted by atomic mass is 10.1. The summed E-state index contributed by atoms with van der Waals surface area (Å²) in [7, 11) is 0. The van der Waals surface area contributed by atoms with E-state index < -0.39 is 23.6 Å². The van der Waals surface area contributed by atoms with Crippen molar-refractivity contribution in [1.29, 1.82) is 0 Å². The van der Waals surface area contributed by atoms with Gasteiger partial charge in [-0.1, -0.05) is 11.6 Å². The van der Waals surface area contributed by atoms with E-state index in [0.29, 0.717) is 22.8 Å². The van der Waals surface area contributed by atoms with Gasteiger partial charge < -0.3 is 10.6 Å². The van der Waals surface area contributed by atoms with E-state index >= 15 is 0 Å². The quantitative estimate of drug-likeness (QED) is 0.769. The number of benzene rings is 2. The van der Waals surface area contributed by atoms with E-state index in [9.17, 15) is 22.4 Å². The first-order chi connectivity index (χ1) is 10.8. The fourth-order valence-electron chi connectivity index (χ4n) is 1.77. The number of carbonyl (C=O) groups excluding carboxylic acids is 1. The van der Waals surface area contributed by atoms with E-state index in [1.807, 2.05) is 0 Å². The van der Waals surface area contributed by atoms with Gasteiger partial charge in [-0.05, 0) is 42.5 Å². The van der Waals surface area contributed by atoms with Crippen LogP contribution >= 0.6 is 11.6 Å². The lowest BCUT2D eigenvalue weighted by Crippen LogP contribution is -2.28. The second kappa shape index (κ2) is 6.87. The maximum atomic E-state index is 13.5. The largest absolute Gasteiger partial charge is 0.416 e. The molecule has 0 aliphatic carbocycles. The summed E-state index contributed by atoms with van der Waals surface area (Å²) >= 11 is 5.70. The van der Waals surface area contributed by atoms with Gasteiger partial charge in [-0.2, -0.15) is 13.2 Å². The minimum absolute atomic E-state index is 0.258. The Balaban J connectivity index is 2.00. The lowest BCUT2D eigenvalue weighted by molar-refractivity contribution is -0.137. The smallest absolute Gasteiger partial charge is 0.334 e. The zero-order valence-corrected chi connectivity index (χ0v) is 12.3. The Kier molecular flexibility index (Phi) is 5.10. The maximum absolute atomic E-state index is 13.5. The third-order valence-corrected chi connectivity index (χ3v) is 3.17. The van der Waals surface area contributed by atoms with Gasteiger partial charge in [0.25, 0.3) is 0 Å². The van der Waals surface area contributed by atoms with Crippen LogP contribution in [0.25, 0.3) is 0 Å². The molecule has 0 atom stereocenters. The number of hydrogen-bond donors (Lipinski definition) is 2. The van der Waals surface area contributed by atoms with E-state index in [4.69, 9.17) is 11.6 Å². The van der Waals surface area contributed by atoms with Crippen LogP contribution < -0.4 is 10.6 Å². The van der Waals surface area contributed by atoms with Crippen molar-refractivity contribution in [3.05, 3.63) is 64.4 Å². The normalized spacial score (nSPS) is 11.2. The molecule has 0 aromatic heterocycles. The third kappa shape index (κ3) is 4.85. The zero-order valence-electron chi connectivity index (χ0n) is 11.5. The highest BCUT2D eigenvalue weighted by atomic mass is 35.5. The monoisotopic (exact) mass is 346 g/mol. The van der Waals surface area contributed by atoms with E-state index in [1.165, 1.54) is 0 Å². The Morgan fingerprint density at radius 1 is 1.09 bits per heavy atom. The third-order valence-electron chi connectivity index (χ3n) is 2.91. The van der Waals surface area contributed by atoms with Gasteiger partial charge in [-0.25, -0.2) is 9.18 Å². The van der Waals surface area contributed by atoms with Crippen molar-refractivity contribution < 1.29 is 22.4 Å². The van der Waals surface area contributed by atoms with Crippen molar-refractivity contribution in [2.45, 2.75) is 12.7 Å². The Labute approximate surface area is 134 Å². The zero-order chi connectivity index (χ0) is 17.0. The van der Waals surface area contributed by atoms with Crippen molar-refractivity contribution in [3.8, 4) is 0 Å². The SMILES string of the molecule is O=C(NCc1cc(C(F)(F)F)ccc1F)Nc1ccc(Cl)cc1. The van der Waals surface area contributed by atoms with Crippen molar-refractivity contribution in [2.24, 2.45) is 0 Å². The first-order valence-electron chi connectivity index (χ1n) is 6.42. The highest BCUT2D eigenvalue weighted by Crippen LogP contribution is 2.30. The number of nitrogens with one attached hydrogen (secondary N) is 2. The van der Waals surface area contributed by atoms with Gasteiger partial charge in [0.1, 0.15) is 5.82 Å². The average molecular weight is 347 g/mol. The van der Waals surface area contributed by atoms with Crippen LogP contribution in [-0.4, -0.2) is 6.03 Å². The van der Waals surface area contributed by atoms with Crippen LogP contribution in [0, 0.1) is 5.82 Å². The second-order valence-corrected chi connectivity index (χ2v) is 5.05. The predicted molar refractivity (Wildman–Crippen MR) is 78.7 cm³/mol. The summed E-state index contributed by atoms with van der Waals surface area (Å²) in [5, 5.41) is 5.23. The number of halogens is 5. The molecule has 3 nitrogen and oxygen atoms in total. The van der Waals surface area contributed by atoms with E-state index in [2.05, 4.69) is 10.6 Å². The van der Waals surface area contributed by atoms with Crippen LogP contribution in [0.2, 0.25) is 5.02 Å². The fourth-order valence-corrected chi connectivity index (χ4v) is 1.90. The Bertz CT molecular complexity index is 702. The van der Waals surface area contributed by atoms with Crippen LogP contribution in [0.1, 0.15) is 11.1 Å². The first kappa shape index (κ1) is 17.1. The Morgan fingerprint density at radius 3 is 2.35 bits per heavy atom. The summed E-state index contributed by atoms with van der Waals surface area (Å²) in [6, 6.07) is 7.57. The molecule has 0 saturated carbocycles. The number of alkyl halides is 3. The van der Waals surface area contributed by atoms with Crippen molar-refractivity contribution in [1.82, 2.24) is 5.32 Å². The molecule has 8 heteroatoms. The summed E-state index contributed by atoms with van der Waals surface area (Å²) in [6.07, 6.45) is -4.58. The summed E-state index contributed by atoms with van der Waals surface area (Å²) in [4.78, 5) is 11.7. The van der Waals surface area contributed by atoms with Gasteiger partial charge in [0.2, 0.25) is 0 Å². The molecule has 2 amide bonds. The maximum Gasteiger partial charge on any atom is 0.416 e. The van der Waals surface area contributed by atoms with Crippen molar-refractivity contribution in [2.75, 3.05) is 5.32 Å². The Hall–Kier alpha value is -2.28. The number of rotatable bonds is 3. The van der Waals surface area contributed by atoms with Crippen LogP contribution in [0.3, 0.4) is 0 Å². The molecular weight excluding hydrogens is 336 g/mol. The van der Waals surface area contributed by atoms with E-state index in [1.54, 1.807) is 24.3 Å². The molecular formula is C15H11ClF4N2O. The van der Waals surface area contributed by atoms with Gasteiger partial charge in [0.15, 0.2) is 0 Å². The van der Waals surface area contributed by atoms with Gasteiger partial charge in [-0.3, -0.25) is 0 Å². The molecule has 0 heterocycles.